The average molecular weight is 399 g/mol. The second-order valence-electron chi connectivity index (χ2n) is 9.65. The Balaban J connectivity index is 1.40. The Morgan fingerprint density at radius 1 is 1.10 bits per heavy atom. The molecule has 0 spiro atoms. The van der Waals surface area contributed by atoms with Gasteiger partial charge < -0.3 is 15.4 Å². The van der Waals surface area contributed by atoms with E-state index in [1.54, 1.807) is 6.92 Å². The Morgan fingerprint density at radius 3 is 2.41 bits per heavy atom. The van der Waals surface area contributed by atoms with Gasteiger partial charge in [0.2, 0.25) is 5.91 Å². The summed E-state index contributed by atoms with van der Waals surface area (Å²) in [6.07, 6.45) is 5.27. The Hall–Kier alpha value is -2.37. The average Bonchev–Trinajstić information content (AvgIpc) is 2.59. The van der Waals surface area contributed by atoms with Crippen LogP contribution in [0.15, 0.2) is 18.2 Å². The van der Waals surface area contributed by atoms with Gasteiger partial charge in [-0.15, -0.1) is 0 Å². The molecule has 1 aromatic carbocycles. The number of nitrogens with one attached hydrogen (secondary N) is 2. The first-order valence-electron chi connectivity index (χ1n) is 10.5. The molecule has 4 saturated carbocycles. The van der Waals surface area contributed by atoms with Crippen LogP contribution in [0.1, 0.15) is 56.6 Å². The lowest BCUT2D eigenvalue weighted by molar-refractivity contribution is -0.176. The van der Waals surface area contributed by atoms with Crippen molar-refractivity contribution in [3.05, 3.63) is 29.3 Å². The summed E-state index contributed by atoms with van der Waals surface area (Å²) < 4.78 is 5.51. The van der Waals surface area contributed by atoms with Crippen molar-refractivity contribution in [2.45, 2.75) is 64.8 Å². The van der Waals surface area contributed by atoms with Crippen LogP contribution in [-0.2, 0) is 19.1 Å². The van der Waals surface area contributed by atoms with Gasteiger partial charge in [0, 0.05) is 18.2 Å². The molecule has 4 fully saturated rings. The molecular weight excluding hydrogens is 368 g/mol. The molecule has 0 aliphatic heterocycles. The van der Waals surface area contributed by atoms with E-state index in [1.165, 1.54) is 0 Å². The van der Waals surface area contributed by atoms with Crippen LogP contribution < -0.4 is 10.6 Å². The number of anilines is 1. The predicted octanol–water partition coefficient (Wildman–Crippen LogP) is 3.26. The van der Waals surface area contributed by atoms with Crippen molar-refractivity contribution in [3.63, 3.8) is 0 Å². The van der Waals surface area contributed by atoms with Crippen molar-refractivity contribution in [1.29, 1.82) is 0 Å². The standard InChI is InChI=1S/C23H30N2O4/c1-14-4-5-19(15(2)6-14)24-20(27)12-29-21(28)22-8-17-7-18(9-22)11-23(10-17,13-22)25-16(3)26/h4-6,17-18H,7-13H2,1-3H3,(H,24,27)(H,25,26). The Morgan fingerprint density at radius 2 is 1.79 bits per heavy atom. The van der Waals surface area contributed by atoms with Crippen molar-refractivity contribution in [2.24, 2.45) is 17.3 Å². The van der Waals surface area contributed by atoms with Crippen LogP contribution >= 0.6 is 0 Å². The maximum Gasteiger partial charge on any atom is 0.312 e. The van der Waals surface area contributed by atoms with Crippen molar-refractivity contribution in [2.75, 3.05) is 11.9 Å². The zero-order valence-corrected chi connectivity index (χ0v) is 17.5. The van der Waals surface area contributed by atoms with Gasteiger partial charge in [0.25, 0.3) is 5.91 Å². The van der Waals surface area contributed by atoms with Gasteiger partial charge >= 0.3 is 5.97 Å². The first-order valence-corrected chi connectivity index (χ1v) is 10.5. The van der Waals surface area contributed by atoms with E-state index >= 15 is 0 Å². The maximum absolute atomic E-state index is 13.1. The fraction of sp³-hybridized carbons (Fsp3) is 0.609. The molecule has 0 heterocycles. The smallest absolute Gasteiger partial charge is 0.312 e. The summed E-state index contributed by atoms with van der Waals surface area (Å²) in [6.45, 7) is 5.20. The van der Waals surface area contributed by atoms with Crippen molar-refractivity contribution >= 4 is 23.5 Å². The molecule has 6 nitrogen and oxygen atoms in total. The van der Waals surface area contributed by atoms with E-state index in [0.29, 0.717) is 18.3 Å². The molecule has 4 bridgehead atoms. The summed E-state index contributed by atoms with van der Waals surface area (Å²) in [4.78, 5) is 37.2. The molecular formula is C23H30N2O4. The third kappa shape index (κ3) is 3.89. The molecule has 4 aliphatic carbocycles. The van der Waals surface area contributed by atoms with Crippen molar-refractivity contribution < 1.29 is 19.1 Å². The van der Waals surface area contributed by atoms with Crippen LogP contribution in [0.5, 0.6) is 0 Å². The third-order valence-corrected chi connectivity index (χ3v) is 6.93. The Kier molecular flexibility index (Phi) is 4.91. The number of carbonyl (C=O) groups excluding carboxylic acids is 3. The minimum absolute atomic E-state index is 0.0386. The SMILES string of the molecule is CC(=O)NC12CC3CC(C1)CC(C(=O)OCC(=O)Nc1ccc(C)cc1C)(C3)C2. The summed E-state index contributed by atoms with van der Waals surface area (Å²) in [5.41, 5.74) is 1.99. The van der Waals surface area contributed by atoms with E-state index in [-0.39, 0.29) is 29.9 Å². The second-order valence-corrected chi connectivity index (χ2v) is 9.65. The number of esters is 1. The lowest BCUT2D eigenvalue weighted by Crippen LogP contribution is -2.64. The number of rotatable bonds is 5. The predicted molar refractivity (Wildman–Crippen MR) is 109 cm³/mol. The molecule has 1 aromatic rings. The number of hydrogen-bond donors (Lipinski definition) is 2. The highest BCUT2D eigenvalue weighted by Crippen LogP contribution is 2.62. The van der Waals surface area contributed by atoms with E-state index in [9.17, 15) is 14.4 Å². The lowest BCUT2D eigenvalue weighted by atomic mass is 9.47. The minimum Gasteiger partial charge on any atom is -0.455 e. The molecule has 2 atom stereocenters. The van der Waals surface area contributed by atoms with Crippen molar-refractivity contribution in [1.82, 2.24) is 5.32 Å². The fourth-order valence-electron chi connectivity index (χ4n) is 6.45. The van der Waals surface area contributed by atoms with Gasteiger partial charge in [0.15, 0.2) is 6.61 Å². The number of hydrogen-bond acceptors (Lipinski definition) is 4. The highest BCUT2D eigenvalue weighted by Gasteiger charge is 2.61. The third-order valence-electron chi connectivity index (χ3n) is 6.93. The van der Waals surface area contributed by atoms with E-state index in [0.717, 1.165) is 48.9 Å². The first kappa shape index (κ1) is 19.9. The number of ether oxygens (including phenoxy) is 1. The lowest BCUT2D eigenvalue weighted by Gasteiger charge is -2.60. The maximum atomic E-state index is 13.1. The van der Waals surface area contributed by atoms with E-state index in [2.05, 4.69) is 10.6 Å². The topological polar surface area (TPSA) is 84.5 Å². The highest BCUT2D eigenvalue weighted by atomic mass is 16.5. The fourth-order valence-corrected chi connectivity index (χ4v) is 6.45. The number of aryl methyl sites for hydroxylation is 2. The monoisotopic (exact) mass is 398 g/mol. The largest absolute Gasteiger partial charge is 0.455 e. The highest BCUT2D eigenvalue weighted by molar-refractivity contribution is 5.94. The van der Waals surface area contributed by atoms with Gasteiger partial charge in [-0.25, -0.2) is 0 Å². The van der Waals surface area contributed by atoms with Crippen LogP contribution in [0.3, 0.4) is 0 Å². The zero-order chi connectivity index (χ0) is 20.8. The van der Waals surface area contributed by atoms with E-state index < -0.39 is 5.41 Å². The van der Waals surface area contributed by atoms with E-state index in [1.807, 2.05) is 32.0 Å². The quantitative estimate of drug-likeness (QED) is 0.746. The Bertz CT molecular complexity index is 848. The van der Waals surface area contributed by atoms with Gasteiger partial charge in [-0.05, 0) is 75.8 Å². The number of carbonyl (C=O) groups is 3. The summed E-state index contributed by atoms with van der Waals surface area (Å²) in [6, 6.07) is 5.80. The van der Waals surface area contributed by atoms with Crippen LogP contribution in [0.2, 0.25) is 0 Å². The summed E-state index contributed by atoms with van der Waals surface area (Å²) in [5.74, 6) is 0.242. The molecule has 156 valence electrons. The molecule has 0 aromatic heterocycles. The second kappa shape index (κ2) is 7.15. The van der Waals surface area contributed by atoms with Crippen LogP contribution in [0, 0.1) is 31.1 Å². The molecule has 6 heteroatoms. The van der Waals surface area contributed by atoms with Gasteiger partial charge in [0.1, 0.15) is 0 Å². The molecule has 2 N–H and O–H groups in total. The number of amides is 2. The molecule has 0 radical (unpaired) electrons. The van der Waals surface area contributed by atoms with Gasteiger partial charge in [-0.1, -0.05) is 17.7 Å². The molecule has 0 saturated heterocycles. The minimum atomic E-state index is -0.563. The molecule has 5 rings (SSSR count). The van der Waals surface area contributed by atoms with Crippen LogP contribution in [0.25, 0.3) is 0 Å². The zero-order valence-electron chi connectivity index (χ0n) is 17.5. The van der Waals surface area contributed by atoms with Crippen LogP contribution in [0.4, 0.5) is 5.69 Å². The number of benzene rings is 1. The molecule has 2 unspecified atom stereocenters. The Labute approximate surface area is 171 Å². The molecule has 4 aliphatic rings. The summed E-state index contributed by atoms with van der Waals surface area (Å²) >= 11 is 0. The molecule has 29 heavy (non-hydrogen) atoms. The van der Waals surface area contributed by atoms with Crippen LogP contribution in [-0.4, -0.2) is 29.9 Å². The van der Waals surface area contributed by atoms with E-state index in [4.69, 9.17) is 4.74 Å². The normalized spacial score (nSPS) is 32.0. The van der Waals surface area contributed by atoms with Gasteiger partial charge in [-0.3, -0.25) is 14.4 Å². The summed E-state index contributed by atoms with van der Waals surface area (Å²) in [5, 5.41) is 5.98. The van der Waals surface area contributed by atoms with Crippen molar-refractivity contribution in [3.8, 4) is 0 Å². The van der Waals surface area contributed by atoms with Gasteiger partial charge in [0.05, 0.1) is 5.41 Å². The first-order chi connectivity index (χ1) is 13.7. The van der Waals surface area contributed by atoms with Gasteiger partial charge in [-0.2, -0.15) is 0 Å². The molecule has 2 amide bonds. The summed E-state index contributed by atoms with van der Waals surface area (Å²) in [7, 11) is 0.